The summed E-state index contributed by atoms with van der Waals surface area (Å²) in [6.07, 6.45) is 3.34. The average molecular weight is 261 g/mol. The first kappa shape index (κ1) is 12.1. The van der Waals surface area contributed by atoms with Crippen LogP contribution in [0.15, 0.2) is 18.2 Å². The van der Waals surface area contributed by atoms with Crippen molar-refractivity contribution in [2.45, 2.75) is 25.3 Å². The van der Waals surface area contributed by atoms with Gasteiger partial charge in [-0.2, -0.15) is 0 Å². The van der Waals surface area contributed by atoms with E-state index in [-0.39, 0.29) is 17.6 Å². The second kappa shape index (κ2) is 4.62. The van der Waals surface area contributed by atoms with Crippen LogP contribution in [0.25, 0.3) is 0 Å². The van der Waals surface area contributed by atoms with Crippen molar-refractivity contribution in [1.29, 1.82) is 0 Å². The number of rotatable bonds is 2. The van der Waals surface area contributed by atoms with Gasteiger partial charge in [0, 0.05) is 23.4 Å². The van der Waals surface area contributed by atoms with E-state index >= 15 is 0 Å². The van der Waals surface area contributed by atoms with E-state index in [2.05, 4.69) is 10.2 Å². The van der Waals surface area contributed by atoms with Gasteiger partial charge >= 0.3 is 0 Å². The number of fused-ring (bicyclic) bond motifs is 1. The zero-order valence-electron chi connectivity index (χ0n) is 10.5. The Balaban J connectivity index is 1.96. The molecule has 1 fully saturated rings. The van der Waals surface area contributed by atoms with Crippen LogP contribution < -0.4 is 5.32 Å². The van der Waals surface area contributed by atoms with Crippen molar-refractivity contribution >= 4 is 17.3 Å². The molecule has 2 aliphatic heterocycles. The van der Waals surface area contributed by atoms with E-state index in [4.69, 9.17) is 0 Å². The zero-order valence-corrected chi connectivity index (χ0v) is 10.5. The molecule has 1 N–H and O–H groups in total. The predicted molar refractivity (Wildman–Crippen MR) is 69.9 cm³/mol. The van der Waals surface area contributed by atoms with Crippen LogP contribution in [0.2, 0.25) is 0 Å². The average Bonchev–Trinajstić information content (AvgIpc) is 2.74. The highest BCUT2D eigenvalue weighted by molar-refractivity contribution is 6.02. The Kier molecular flexibility index (Phi) is 2.94. The van der Waals surface area contributed by atoms with Gasteiger partial charge in [0.2, 0.25) is 5.91 Å². The molecule has 1 atom stereocenters. The molecule has 3 rings (SSSR count). The molecule has 1 amide bonds. The van der Waals surface area contributed by atoms with E-state index in [0.29, 0.717) is 5.69 Å². The second-order valence-electron chi connectivity index (χ2n) is 5.02. The Bertz CT molecular complexity index is 538. The molecule has 6 heteroatoms. The lowest BCUT2D eigenvalue weighted by molar-refractivity contribution is -0.384. The molecule has 1 aromatic carbocycles. The van der Waals surface area contributed by atoms with Gasteiger partial charge in [0.05, 0.1) is 4.92 Å². The number of nitro benzene ring substituents is 1. The van der Waals surface area contributed by atoms with Crippen LogP contribution in [0, 0.1) is 10.1 Å². The third-order valence-corrected chi connectivity index (χ3v) is 3.80. The number of nitrogens with one attached hydrogen (secondary N) is 1. The van der Waals surface area contributed by atoms with Crippen LogP contribution in [0.1, 0.15) is 30.9 Å². The van der Waals surface area contributed by atoms with E-state index in [1.165, 1.54) is 18.6 Å². The van der Waals surface area contributed by atoms with Gasteiger partial charge in [0.15, 0.2) is 0 Å². The van der Waals surface area contributed by atoms with Crippen LogP contribution in [-0.4, -0.2) is 28.8 Å². The molecule has 1 aromatic rings. The first-order chi connectivity index (χ1) is 9.16. The van der Waals surface area contributed by atoms with E-state index in [9.17, 15) is 14.9 Å². The van der Waals surface area contributed by atoms with Crippen LogP contribution in [-0.2, 0) is 4.79 Å². The maximum atomic E-state index is 12.1. The van der Waals surface area contributed by atoms with Crippen molar-refractivity contribution < 1.29 is 9.72 Å². The summed E-state index contributed by atoms with van der Waals surface area (Å²) in [4.78, 5) is 24.6. The maximum absolute atomic E-state index is 12.1. The van der Waals surface area contributed by atoms with Gasteiger partial charge in [-0.1, -0.05) is 6.42 Å². The first-order valence-corrected chi connectivity index (χ1v) is 6.50. The first-order valence-electron chi connectivity index (χ1n) is 6.50. The number of benzene rings is 1. The van der Waals surface area contributed by atoms with Gasteiger partial charge in [-0.3, -0.25) is 19.8 Å². The predicted octanol–water partition coefficient (Wildman–Crippen LogP) is 2.07. The number of amides is 1. The number of anilines is 1. The van der Waals surface area contributed by atoms with E-state index in [0.717, 1.165) is 31.5 Å². The molecular formula is C13H15N3O3. The minimum Gasteiger partial charge on any atom is -0.324 e. The summed E-state index contributed by atoms with van der Waals surface area (Å²) in [5.41, 5.74) is 1.48. The number of piperidine rings is 1. The molecular weight excluding hydrogens is 246 g/mol. The molecule has 19 heavy (non-hydrogen) atoms. The maximum Gasteiger partial charge on any atom is 0.269 e. The third kappa shape index (κ3) is 2.08. The van der Waals surface area contributed by atoms with Gasteiger partial charge in [-0.05, 0) is 32.0 Å². The molecule has 0 saturated carbocycles. The van der Waals surface area contributed by atoms with Crippen molar-refractivity contribution in [2.75, 3.05) is 18.4 Å². The van der Waals surface area contributed by atoms with Crippen molar-refractivity contribution in [3.8, 4) is 0 Å². The number of carbonyl (C=O) groups excluding carboxylic acids is 1. The Morgan fingerprint density at radius 1 is 1.26 bits per heavy atom. The quantitative estimate of drug-likeness (QED) is 0.653. The molecule has 0 spiro atoms. The van der Waals surface area contributed by atoms with Crippen LogP contribution >= 0.6 is 0 Å². The number of nitrogens with zero attached hydrogens (tertiary/aromatic N) is 2. The third-order valence-electron chi connectivity index (χ3n) is 3.80. The largest absolute Gasteiger partial charge is 0.324 e. The number of nitro groups is 1. The minimum atomic E-state index is -0.420. The fourth-order valence-electron chi connectivity index (χ4n) is 2.89. The van der Waals surface area contributed by atoms with E-state index in [1.54, 1.807) is 6.07 Å². The molecule has 0 unspecified atom stereocenters. The Morgan fingerprint density at radius 3 is 2.68 bits per heavy atom. The standard InChI is InChI=1S/C13H15N3O3/c17-13-12(15-6-2-1-3-7-15)10-8-9(16(18)19)4-5-11(10)14-13/h4-5,8,12H,1-3,6-7H2,(H,14,17)/t12-/m0/s1. The number of carbonyl (C=O) groups is 1. The van der Waals surface area contributed by atoms with E-state index in [1.807, 2.05) is 0 Å². The van der Waals surface area contributed by atoms with Crippen LogP contribution in [0.4, 0.5) is 11.4 Å². The highest BCUT2D eigenvalue weighted by Crippen LogP contribution is 2.38. The summed E-state index contributed by atoms with van der Waals surface area (Å²) < 4.78 is 0. The summed E-state index contributed by atoms with van der Waals surface area (Å²) >= 11 is 0. The summed E-state index contributed by atoms with van der Waals surface area (Å²) in [6, 6.07) is 4.20. The summed E-state index contributed by atoms with van der Waals surface area (Å²) in [5.74, 6) is -0.0719. The van der Waals surface area contributed by atoms with Crippen LogP contribution in [0.5, 0.6) is 0 Å². The molecule has 0 aliphatic carbocycles. The van der Waals surface area contributed by atoms with Gasteiger partial charge in [-0.25, -0.2) is 0 Å². The topological polar surface area (TPSA) is 75.5 Å². The number of hydrogen-bond donors (Lipinski definition) is 1. The Morgan fingerprint density at radius 2 is 2.00 bits per heavy atom. The fourth-order valence-corrected chi connectivity index (χ4v) is 2.89. The normalized spacial score (nSPS) is 22.9. The number of hydrogen-bond acceptors (Lipinski definition) is 4. The lowest BCUT2D eigenvalue weighted by atomic mass is 10.0. The Labute approximate surface area is 110 Å². The molecule has 100 valence electrons. The number of non-ortho nitro benzene ring substituents is 1. The molecule has 1 saturated heterocycles. The lowest BCUT2D eigenvalue weighted by Crippen LogP contribution is -2.37. The molecule has 2 heterocycles. The summed E-state index contributed by atoms with van der Waals surface area (Å²) in [7, 11) is 0. The van der Waals surface area contributed by atoms with Gasteiger partial charge < -0.3 is 5.32 Å². The second-order valence-corrected chi connectivity index (χ2v) is 5.02. The van der Waals surface area contributed by atoms with Gasteiger partial charge in [0.25, 0.3) is 5.69 Å². The van der Waals surface area contributed by atoms with Crippen molar-refractivity contribution in [3.63, 3.8) is 0 Å². The highest BCUT2D eigenvalue weighted by atomic mass is 16.6. The monoisotopic (exact) mass is 261 g/mol. The fraction of sp³-hybridized carbons (Fsp3) is 0.462. The minimum absolute atomic E-state index is 0.0391. The molecule has 0 bridgehead atoms. The van der Waals surface area contributed by atoms with Gasteiger partial charge in [0.1, 0.15) is 6.04 Å². The van der Waals surface area contributed by atoms with Crippen LogP contribution in [0.3, 0.4) is 0 Å². The lowest BCUT2D eigenvalue weighted by Gasteiger charge is -2.30. The summed E-state index contributed by atoms with van der Waals surface area (Å²) in [5, 5.41) is 13.7. The number of likely N-dealkylation sites (tertiary alicyclic amines) is 1. The van der Waals surface area contributed by atoms with Crippen molar-refractivity contribution in [3.05, 3.63) is 33.9 Å². The highest BCUT2D eigenvalue weighted by Gasteiger charge is 2.36. The van der Waals surface area contributed by atoms with Gasteiger partial charge in [-0.15, -0.1) is 0 Å². The Hall–Kier alpha value is -1.95. The van der Waals surface area contributed by atoms with Crippen molar-refractivity contribution in [1.82, 2.24) is 4.90 Å². The zero-order chi connectivity index (χ0) is 13.4. The smallest absolute Gasteiger partial charge is 0.269 e. The molecule has 6 nitrogen and oxygen atoms in total. The molecule has 0 radical (unpaired) electrons. The van der Waals surface area contributed by atoms with E-state index < -0.39 is 4.92 Å². The SMILES string of the molecule is O=C1Nc2ccc([N+](=O)[O-])cc2[C@@H]1N1CCCCC1. The van der Waals surface area contributed by atoms with Crippen molar-refractivity contribution in [2.24, 2.45) is 0 Å². The molecule has 2 aliphatic rings. The summed E-state index contributed by atoms with van der Waals surface area (Å²) in [6.45, 7) is 1.75. The molecule has 0 aromatic heterocycles.